The van der Waals surface area contributed by atoms with E-state index >= 15 is 0 Å². The van der Waals surface area contributed by atoms with Gasteiger partial charge in [-0.3, -0.25) is 9.97 Å². The number of aromatic amines is 1. The maximum absolute atomic E-state index is 12.9. The predicted octanol–water partition coefficient (Wildman–Crippen LogP) is 11.1. The summed E-state index contributed by atoms with van der Waals surface area (Å²) in [7, 11) is 0. The minimum absolute atomic E-state index is 0.0596. The maximum Gasteiger partial charge on any atom is 0.410 e. The molecule has 0 spiro atoms. The number of imidazole rings is 2. The summed E-state index contributed by atoms with van der Waals surface area (Å²) >= 11 is 0. The third kappa shape index (κ3) is 10.8. The molecule has 0 radical (unpaired) electrons. The highest BCUT2D eigenvalue weighted by molar-refractivity contribution is 5.80. The van der Waals surface area contributed by atoms with Gasteiger partial charge in [-0.25, -0.2) is 19.6 Å². The molecule has 382 valence electrons. The van der Waals surface area contributed by atoms with Gasteiger partial charge in [0.15, 0.2) is 28.8 Å². The maximum atomic E-state index is 12.9. The van der Waals surface area contributed by atoms with Crippen molar-refractivity contribution >= 4 is 12.2 Å². The fraction of sp³-hybridized carbons (Fsp3) is 0.276. The first-order valence-corrected chi connectivity index (χ1v) is 25.2. The van der Waals surface area contributed by atoms with Crippen molar-refractivity contribution in [3.63, 3.8) is 0 Å². The van der Waals surface area contributed by atoms with Gasteiger partial charge in [0.1, 0.15) is 30.4 Å². The smallest absolute Gasteiger partial charge is 0.410 e. The number of fused-ring (bicyclic) bond motifs is 2. The summed E-state index contributed by atoms with van der Waals surface area (Å²) in [6.45, 7) is 6.95. The van der Waals surface area contributed by atoms with Crippen molar-refractivity contribution in [3.8, 4) is 68.3 Å². The Hall–Kier alpha value is -8.86. The number of hydrogen-bond donors (Lipinski definition) is 2. The van der Waals surface area contributed by atoms with Gasteiger partial charge in [0, 0.05) is 60.5 Å². The summed E-state index contributed by atoms with van der Waals surface area (Å²) in [6, 6.07) is 42.4. The zero-order valence-electron chi connectivity index (χ0n) is 41.7. The van der Waals surface area contributed by atoms with Crippen molar-refractivity contribution in [1.29, 1.82) is 0 Å². The van der Waals surface area contributed by atoms with Crippen LogP contribution >= 0.6 is 0 Å². The molecule has 0 aliphatic carbocycles. The van der Waals surface area contributed by atoms with E-state index in [1.165, 1.54) is 0 Å². The largest absolute Gasteiger partial charge is 0.454 e. The second kappa shape index (κ2) is 21.7. The zero-order valence-corrected chi connectivity index (χ0v) is 41.7. The number of nitrogens with one attached hydrogen (secondary N) is 1. The molecule has 4 aliphatic rings. The number of piperidine rings is 2. The topological polar surface area (TPSA) is 189 Å². The molecule has 8 aromatic rings. The Kier molecular flexibility index (Phi) is 14.0. The first-order chi connectivity index (χ1) is 36.7. The van der Waals surface area contributed by atoms with Gasteiger partial charge in [0.05, 0.1) is 22.8 Å². The molecule has 4 aromatic carbocycles. The predicted molar refractivity (Wildman–Crippen MR) is 277 cm³/mol. The van der Waals surface area contributed by atoms with Crippen LogP contribution in [-0.2, 0) is 22.7 Å². The van der Waals surface area contributed by atoms with Crippen LogP contribution < -0.4 is 18.9 Å². The van der Waals surface area contributed by atoms with Gasteiger partial charge in [-0.05, 0) is 111 Å². The number of benzene rings is 4. The standard InChI is InChI=1S/C29H28N4O5.C29H28N4O4/c1-19-7-5-11-23(30-19)27-26(21-12-13-24-25(15-21)38-18-37-24)31-28(33(27)35)22-10-6-14-32(16-22)29(34)36-17-20-8-3-2-4-9-20;1-19-7-5-11-23(30-19)27-26(21-12-13-24-25(15-21)37-18-36-24)31-28(32-27)22-10-6-14-33(16-22)29(34)35-17-20-8-3-2-4-9-20/h2-5,7-9,11-13,15,22,35H,6,10,14,16-18H2,1H3;2-5,7-9,11-13,15,22H,6,10,14,16-18H2,1H3,(H,31,32). The molecule has 0 saturated carbocycles. The Morgan fingerprint density at radius 3 is 1.69 bits per heavy atom. The Bertz CT molecular complexity index is 3330. The number of likely N-dealkylation sites (tertiary alicyclic amines) is 2. The van der Waals surface area contributed by atoms with E-state index in [2.05, 4.69) is 9.97 Å². The first-order valence-electron chi connectivity index (χ1n) is 25.2. The number of nitrogens with zero attached hydrogens (tertiary/aromatic N) is 7. The summed E-state index contributed by atoms with van der Waals surface area (Å²) < 4.78 is 34.4. The Morgan fingerprint density at radius 1 is 0.587 bits per heavy atom. The van der Waals surface area contributed by atoms with Crippen molar-refractivity contribution in [2.45, 2.75) is 64.6 Å². The minimum atomic E-state index is -0.369. The van der Waals surface area contributed by atoms with E-state index in [0.717, 1.165) is 92.7 Å². The molecular formula is C58H56N8O9. The lowest BCUT2D eigenvalue weighted by Crippen LogP contribution is -2.40. The van der Waals surface area contributed by atoms with Crippen molar-refractivity contribution in [1.82, 2.24) is 39.5 Å². The fourth-order valence-corrected chi connectivity index (χ4v) is 9.89. The molecule has 2 fully saturated rings. The molecule has 2 atom stereocenters. The quantitative estimate of drug-likeness (QED) is 0.123. The van der Waals surface area contributed by atoms with Crippen LogP contribution in [0.5, 0.6) is 23.0 Å². The number of aromatic nitrogens is 6. The molecule has 17 heteroatoms. The van der Waals surface area contributed by atoms with Crippen molar-refractivity contribution in [2.24, 2.45) is 0 Å². The number of rotatable bonds is 10. The summed E-state index contributed by atoms with van der Waals surface area (Å²) in [5, 5.41) is 11.5. The molecule has 2 N–H and O–H groups in total. The summed E-state index contributed by atoms with van der Waals surface area (Å²) in [5.74, 6) is 3.94. The number of pyridine rings is 2. The van der Waals surface area contributed by atoms with Crippen LogP contribution in [-0.4, -0.2) is 96.6 Å². The van der Waals surface area contributed by atoms with Crippen molar-refractivity contribution < 1.29 is 43.2 Å². The molecule has 4 aromatic heterocycles. The van der Waals surface area contributed by atoms with Crippen molar-refractivity contribution in [2.75, 3.05) is 39.8 Å². The molecule has 0 bridgehead atoms. The molecule has 2 amide bonds. The fourth-order valence-electron chi connectivity index (χ4n) is 9.89. The summed E-state index contributed by atoms with van der Waals surface area (Å²) in [4.78, 5) is 52.1. The normalized spacial score (nSPS) is 16.5. The van der Waals surface area contributed by atoms with Crippen LogP contribution in [0.15, 0.2) is 133 Å². The molecule has 4 aliphatic heterocycles. The van der Waals surface area contributed by atoms with Crippen LogP contribution in [0.2, 0.25) is 0 Å². The molecule has 12 rings (SSSR count). The van der Waals surface area contributed by atoms with Gasteiger partial charge >= 0.3 is 12.2 Å². The molecule has 75 heavy (non-hydrogen) atoms. The first kappa shape index (κ1) is 48.4. The number of ether oxygens (including phenoxy) is 6. The van der Waals surface area contributed by atoms with Crippen LogP contribution in [0, 0.1) is 13.8 Å². The van der Waals surface area contributed by atoms with Crippen LogP contribution in [0.3, 0.4) is 0 Å². The number of carbonyl (C=O) groups is 2. The lowest BCUT2D eigenvalue weighted by Gasteiger charge is -2.31. The van der Waals surface area contributed by atoms with E-state index in [-0.39, 0.29) is 50.8 Å². The Labute approximate surface area is 433 Å². The number of aryl methyl sites for hydroxylation is 2. The second-order valence-electron chi connectivity index (χ2n) is 18.9. The lowest BCUT2D eigenvalue weighted by atomic mass is 9.97. The van der Waals surface area contributed by atoms with Crippen LogP contribution in [0.25, 0.3) is 45.3 Å². The average molecular weight is 1010 g/mol. The Morgan fingerprint density at radius 2 is 1.11 bits per heavy atom. The van der Waals surface area contributed by atoms with Gasteiger partial charge in [0.2, 0.25) is 13.6 Å². The highest BCUT2D eigenvalue weighted by Gasteiger charge is 2.33. The SMILES string of the molecule is Cc1cccc(-c2[nH]c(C3CCCN(C(=O)OCc4ccccc4)C3)nc2-c2ccc3c(c2)OCO3)n1.Cc1cccc(-c2c(-c3ccc4c(c3)OCO4)nc(C3CCCN(C(=O)OCc4ccccc4)C3)n2O)n1. The Balaban J connectivity index is 0.000000161. The highest BCUT2D eigenvalue weighted by atomic mass is 16.7. The van der Waals surface area contributed by atoms with Gasteiger partial charge in [-0.1, -0.05) is 72.8 Å². The number of carbonyl (C=O) groups excluding carboxylic acids is 2. The average Bonchev–Trinajstić information content (AvgIpc) is 4.29. The number of amides is 2. The van der Waals surface area contributed by atoms with Crippen LogP contribution in [0.1, 0.15) is 71.7 Å². The van der Waals surface area contributed by atoms with Gasteiger partial charge in [0.25, 0.3) is 0 Å². The van der Waals surface area contributed by atoms with Gasteiger partial charge in [-0.15, -0.1) is 0 Å². The monoisotopic (exact) mass is 1010 g/mol. The minimum Gasteiger partial charge on any atom is -0.454 e. The molecule has 8 heterocycles. The third-order valence-electron chi connectivity index (χ3n) is 13.7. The zero-order chi connectivity index (χ0) is 51.3. The van der Waals surface area contributed by atoms with Crippen molar-refractivity contribution in [3.05, 3.63) is 168 Å². The molecule has 17 nitrogen and oxygen atoms in total. The molecular weight excluding hydrogens is 953 g/mol. The van der Waals surface area contributed by atoms with E-state index in [1.54, 1.807) is 9.80 Å². The summed E-state index contributed by atoms with van der Waals surface area (Å²) in [5.41, 5.74) is 9.50. The lowest BCUT2D eigenvalue weighted by molar-refractivity contribution is 0.0822. The summed E-state index contributed by atoms with van der Waals surface area (Å²) in [6.07, 6.45) is 2.69. The highest BCUT2D eigenvalue weighted by Crippen LogP contribution is 2.42. The van der Waals surface area contributed by atoms with E-state index in [1.807, 2.05) is 147 Å². The van der Waals surface area contributed by atoms with Gasteiger partial charge in [-0.2, -0.15) is 4.73 Å². The second-order valence-corrected chi connectivity index (χ2v) is 18.9. The van der Waals surface area contributed by atoms with E-state index in [4.69, 9.17) is 43.4 Å². The number of H-pyrrole nitrogens is 1. The van der Waals surface area contributed by atoms with Gasteiger partial charge < -0.3 is 48.4 Å². The van der Waals surface area contributed by atoms with E-state index < -0.39 is 0 Å². The third-order valence-corrected chi connectivity index (χ3v) is 13.7. The number of hydrogen-bond acceptors (Lipinski definition) is 13. The van der Waals surface area contributed by atoms with Crippen LogP contribution in [0.4, 0.5) is 9.59 Å². The van der Waals surface area contributed by atoms with E-state index in [0.29, 0.717) is 66.3 Å². The molecule has 2 saturated heterocycles. The van der Waals surface area contributed by atoms with E-state index in [9.17, 15) is 14.8 Å². The molecule has 2 unspecified atom stereocenters.